The summed E-state index contributed by atoms with van der Waals surface area (Å²) < 4.78 is 0. The number of hydrogen-bond donors (Lipinski definition) is 1. The Kier molecular flexibility index (Phi) is 3.74. The molecule has 2 unspecified atom stereocenters. The van der Waals surface area contributed by atoms with Crippen molar-refractivity contribution < 1.29 is 0 Å². The second-order valence-electron chi connectivity index (χ2n) is 6.28. The molecule has 2 N–H and O–H groups in total. The third kappa shape index (κ3) is 2.76. The highest BCUT2D eigenvalue weighted by Crippen LogP contribution is 2.37. The van der Waals surface area contributed by atoms with Gasteiger partial charge in [-0.2, -0.15) is 0 Å². The van der Waals surface area contributed by atoms with Crippen LogP contribution < -0.4 is 10.6 Å². The van der Waals surface area contributed by atoms with E-state index in [-0.39, 0.29) is 6.04 Å². The van der Waals surface area contributed by atoms with Gasteiger partial charge in [-0.25, -0.2) is 4.98 Å². The Morgan fingerprint density at radius 1 is 1.26 bits per heavy atom. The first-order valence-electron chi connectivity index (χ1n) is 7.70. The minimum atomic E-state index is 0.0916. The standard InChI is InChI=1S/C16H25N3/c1-12(17)14-6-8-18-16(10-14)19-9-7-13-4-2-3-5-15(13)11-19/h6,8,10,12-13,15H,2-5,7,9,11,17H2,1H3/t12-,13?,15?/m0/s1. The summed E-state index contributed by atoms with van der Waals surface area (Å²) in [6.07, 6.45) is 8.97. The third-order valence-corrected chi connectivity index (χ3v) is 4.91. The Balaban J connectivity index is 1.74. The first-order chi connectivity index (χ1) is 9.24. The molecule has 0 radical (unpaired) electrons. The summed E-state index contributed by atoms with van der Waals surface area (Å²) in [6.45, 7) is 4.39. The molecule has 3 heteroatoms. The fourth-order valence-electron chi connectivity index (χ4n) is 3.70. The molecule has 3 rings (SSSR count). The molecule has 3 nitrogen and oxygen atoms in total. The zero-order valence-corrected chi connectivity index (χ0v) is 11.9. The van der Waals surface area contributed by atoms with Gasteiger partial charge in [-0.1, -0.05) is 19.3 Å². The van der Waals surface area contributed by atoms with E-state index < -0.39 is 0 Å². The fraction of sp³-hybridized carbons (Fsp3) is 0.688. The van der Waals surface area contributed by atoms with Crippen LogP contribution in [0.2, 0.25) is 0 Å². The van der Waals surface area contributed by atoms with E-state index in [4.69, 9.17) is 5.73 Å². The average molecular weight is 259 g/mol. The molecule has 1 aliphatic heterocycles. The molecule has 1 aromatic heterocycles. The minimum absolute atomic E-state index is 0.0916. The summed E-state index contributed by atoms with van der Waals surface area (Å²) in [7, 11) is 0. The molecule has 2 heterocycles. The fourth-order valence-corrected chi connectivity index (χ4v) is 3.70. The van der Waals surface area contributed by atoms with Crippen LogP contribution in [0.5, 0.6) is 0 Å². The number of piperidine rings is 1. The van der Waals surface area contributed by atoms with Gasteiger partial charge >= 0.3 is 0 Å². The molecule has 1 aromatic rings. The Bertz CT molecular complexity index is 430. The zero-order valence-electron chi connectivity index (χ0n) is 11.9. The van der Waals surface area contributed by atoms with Crippen LogP contribution in [0.15, 0.2) is 18.3 Å². The molecule has 2 fully saturated rings. The highest BCUT2D eigenvalue weighted by molar-refractivity contribution is 5.42. The number of anilines is 1. The lowest BCUT2D eigenvalue weighted by atomic mass is 9.75. The van der Waals surface area contributed by atoms with E-state index in [0.717, 1.165) is 24.2 Å². The highest BCUT2D eigenvalue weighted by atomic mass is 15.2. The summed E-state index contributed by atoms with van der Waals surface area (Å²) in [5.74, 6) is 2.99. The van der Waals surface area contributed by atoms with Gasteiger partial charge in [-0.15, -0.1) is 0 Å². The first-order valence-corrected chi connectivity index (χ1v) is 7.70. The zero-order chi connectivity index (χ0) is 13.2. The first kappa shape index (κ1) is 12.9. The van der Waals surface area contributed by atoms with E-state index in [9.17, 15) is 0 Å². The quantitative estimate of drug-likeness (QED) is 0.887. The van der Waals surface area contributed by atoms with Crippen LogP contribution in [0.25, 0.3) is 0 Å². The molecule has 0 aromatic carbocycles. The molecule has 104 valence electrons. The summed E-state index contributed by atoms with van der Waals surface area (Å²) in [5.41, 5.74) is 7.16. The van der Waals surface area contributed by atoms with Gasteiger partial charge in [0, 0.05) is 25.3 Å². The monoisotopic (exact) mass is 259 g/mol. The Hall–Kier alpha value is -1.09. The van der Waals surface area contributed by atoms with Gasteiger partial charge in [0.2, 0.25) is 0 Å². The maximum absolute atomic E-state index is 5.97. The van der Waals surface area contributed by atoms with Crippen molar-refractivity contribution in [2.75, 3.05) is 18.0 Å². The van der Waals surface area contributed by atoms with Crippen LogP contribution in [0.1, 0.15) is 50.6 Å². The van der Waals surface area contributed by atoms with Crippen molar-refractivity contribution in [3.63, 3.8) is 0 Å². The SMILES string of the molecule is C[C@H](N)c1ccnc(N2CCC3CCCCC3C2)c1. The van der Waals surface area contributed by atoms with Crippen molar-refractivity contribution in [3.05, 3.63) is 23.9 Å². The van der Waals surface area contributed by atoms with E-state index >= 15 is 0 Å². The number of rotatable bonds is 2. The maximum atomic E-state index is 5.97. The van der Waals surface area contributed by atoms with Crippen molar-refractivity contribution in [2.24, 2.45) is 17.6 Å². The lowest BCUT2D eigenvalue weighted by Crippen LogP contribution is -2.42. The van der Waals surface area contributed by atoms with Gasteiger partial charge in [0.25, 0.3) is 0 Å². The second kappa shape index (κ2) is 5.49. The number of pyridine rings is 1. The lowest BCUT2D eigenvalue weighted by Gasteiger charge is -2.41. The summed E-state index contributed by atoms with van der Waals surface area (Å²) in [5, 5.41) is 0. The molecule has 0 spiro atoms. The Morgan fingerprint density at radius 2 is 2.05 bits per heavy atom. The van der Waals surface area contributed by atoms with Crippen LogP contribution in [-0.2, 0) is 0 Å². The topological polar surface area (TPSA) is 42.1 Å². The molecule has 3 atom stereocenters. The normalized spacial score (nSPS) is 28.8. The predicted molar refractivity (Wildman–Crippen MR) is 79.1 cm³/mol. The molecule has 0 amide bonds. The molecule has 2 aliphatic rings. The molecule has 0 bridgehead atoms. The van der Waals surface area contributed by atoms with Crippen LogP contribution in [0.4, 0.5) is 5.82 Å². The van der Waals surface area contributed by atoms with Crippen LogP contribution in [-0.4, -0.2) is 18.1 Å². The largest absolute Gasteiger partial charge is 0.356 e. The number of hydrogen-bond acceptors (Lipinski definition) is 3. The van der Waals surface area contributed by atoms with E-state index in [1.807, 2.05) is 19.2 Å². The Morgan fingerprint density at radius 3 is 2.84 bits per heavy atom. The summed E-state index contributed by atoms with van der Waals surface area (Å²) >= 11 is 0. The van der Waals surface area contributed by atoms with E-state index in [1.165, 1.54) is 44.2 Å². The predicted octanol–water partition coefficient (Wildman–Crippen LogP) is 3.12. The van der Waals surface area contributed by atoms with Crippen LogP contribution in [0.3, 0.4) is 0 Å². The van der Waals surface area contributed by atoms with Crippen molar-refractivity contribution >= 4 is 5.82 Å². The number of nitrogens with two attached hydrogens (primary N) is 1. The summed E-state index contributed by atoms with van der Waals surface area (Å²) in [4.78, 5) is 7.02. The minimum Gasteiger partial charge on any atom is -0.356 e. The Labute approximate surface area is 116 Å². The molecule has 19 heavy (non-hydrogen) atoms. The van der Waals surface area contributed by atoms with Crippen LogP contribution >= 0.6 is 0 Å². The van der Waals surface area contributed by atoms with Crippen molar-refractivity contribution in [3.8, 4) is 0 Å². The lowest BCUT2D eigenvalue weighted by molar-refractivity contribution is 0.202. The van der Waals surface area contributed by atoms with E-state index in [1.54, 1.807) is 0 Å². The summed E-state index contributed by atoms with van der Waals surface area (Å²) in [6, 6.07) is 4.30. The third-order valence-electron chi connectivity index (χ3n) is 4.91. The van der Waals surface area contributed by atoms with E-state index in [2.05, 4.69) is 16.0 Å². The number of nitrogens with zero attached hydrogens (tertiary/aromatic N) is 2. The van der Waals surface area contributed by atoms with Crippen molar-refractivity contribution in [2.45, 2.75) is 45.1 Å². The second-order valence-corrected chi connectivity index (χ2v) is 6.28. The van der Waals surface area contributed by atoms with Gasteiger partial charge in [-0.05, 0) is 49.3 Å². The molecule has 1 saturated heterocycles. The van der Waals surface area contributed by atoms with Gasteiger partial charge in [0.05, 0.1) is 0 Å². The van der Waals surface area contributed by atoms with E-state index in [0.29, 0.717) is 0 Å². The maximum Gasteiger partial charge on any atom is 0.128 e. The molecular formula is C16H25N3. The van der Waals surface area contributed by atoms with Crippen molar-refractivity contribution in [1.82, 2.24) is 4.98 Å². The van der Waals surface area contributed by atoms with Gasteiger partial charge in [0.1, 0.15) is 5.82 Å². The highest BCUT2D eigenvalue weighted by Gasteiger charge is 2.31. The molecule has 1 aliphatic carbocycles. The van der Waals surface area contributed by atoms with Crippen molar-refractivity contribution in [1.29, 1.82) is 0 Å². The number of fused-ring (bicyclic) bond motifs is 1. The number of aromatic nitrogens is 1. The van der Waals surface area contributed by atoms with Gasteiger partial charge in [-0.3, -0.25) is 0 Å². The average Bonchev–Trinajstić information content (AvgIpc) is 2.47. The molecular weight excluding hydrogens is 234 g/mol. The molecule has 1 saturated carbocycles. The van der Waals surface area contributed by atoms with Crippen LogP contribution in [0, 0.1) is 11.8 Å². The smallest absolute Gasteiger partial charge is 0.128 e. The van der Waals surface area contributed by atoms with Gasteiger partial charge in [0.15, 0.2) is 0 Å². The van der Waals surface area contributed by atoms with Gasteiger partial charge < -0.3 is 10.6 Å².